The number of hydrogen-bond donors (Lipinski definition) is 1. The zero-order valence-electron chi connectivity index (χ0n) is 12.4. The van der Waals surface area contributed by atoms with Crippen LogP contribution in [0, 0.1) is 0 Å². The average Bonchev–Trinajstić information content (AvgIpc) is 2.96. The van der Waals surface area contributed by atoms with Crippen LogP contribution in [0.3, 0.4) is 0 Å². The van der Waals surface area contributed by atoms with E-state index in [1.807, 2.05) is 0 Å². The number of hydrogen-bond acceptors (Lipinski definition) is 5. The molecule has 2 rings (SSSR count). The summed E-state index contributed by atoms with van der Waals surface area (Å²) in [4.78, 5) is 27.6. The van der Waals surface area contributed by atoms with Gasteiger partial charge in [-0.3, -0.25) is 14.5 Å². The third kappa shape index (κ3) is 3.49. The van der Waals surface area contributed by atoms with Gasteiger partial charge in [0.25, 0.3) is 0 Å². The second-order valence-electron chi connectivity index (χ2n) is 5.65. The first-order valence-corrected chi connectivity index (χ1v) is 7.41. The average molecular weight is 283 g/mol. The van der Waals surface area contributed by atoms with Gasteiger partial charge in [0.2, 0.25) is 5.91 Å². The number of carbonyl (C=O) groups excluding carboxylic acids is 2. The van der Waals surface area contributed by atoms with Crippen LogP contribution in [0.2, 0.25) is 0 Å². The molecule has 0 aromatic heterocycles. The highest BCUT2D eigenvalue weighted by Crippen LogP contribution is 2.25. The number of likely N-dealkylation sites (N-methyl/N-ethyl adjacent to an activating group) is 1. The van der Waals surface area contributed by atoms with Crippen molar-refractivity contribution in [2.24, 2.45) is 0 Å². The second kappa shape index (κ2) is 7.04. The first-order valence-electron chi connectivity index (χ1n) is 7.41. The Hall–Kier alpha value is -1.14. The Morgan fingerprint density at radius 1 is 1.30 bits per heavy atom. The number of nitrogens with one attached hydrogen (secondary N) is 1. The molecule has 1 unspecified atom stereocenters. The largest absolute Gasteiger partial charge is 0.468 e. The van der Waals surface area contributed by atoms with Gasteiger partial charge in [0.1, 0.15) is 6.54 Å². The number of carbonyl (C=O) groups is 2. The van der Waals surface area contributed by atoms with E-state index in [-0.39, 0.29) is 24.5 Å². The summed E-state index contributed by atoms with van der Waals surface area (Å²) in [7, 11) is 3.02. The predicted octanol–water partition coefficient (Wildman–Crippen LogP) is -0.166. The lowest BCUT2D eigenvalue weighted by Gasteiger charge is -2.36. The maximum Gasteiger partial charge on any atom is 0.325 e. The van der Waals surface area contributed by atoms with Crippen molar-refractivity contribution in [1.82, 2.24) is 15.1 Å². The lowest BCUT2D eigenvalue weighted by atomic mass is 10.0. The zero-order chi connectivity index (χ0) is 14.5. The van der Waals surface area contributed by atoms with Crippen molar-refractivity contribution in [3.05, 3.63) is 0 Å². The quantitative estimate of drug-likeness (QED) is 0.726. The fourth-order valence-corrected chi connectivity index (χ4v) is 3.22. The first kappa shape index (κ1) is 15.3. The molecule has 6 heteroatoms. The highest BCUT2D eigenvalue weighted by Gasteiger charge is 2.37. The lowest BCUT2D eigenvalue weighted by Crippen LogP contribution is -2.51. The Kier molecular flexibility index (Phi) is 5.37. The number of esters is 1. The number of nitrogens with zero attached hydrogens (tertiary/aromatic N) is 2. The predicted molar refractivity (Wildman–Crippen MR) is 75.3 cm³/mol. The molecule has 2 saturated heterocycles. The lowest BCUT2D eigenvalue weighted by molar-refractivity contribution is -0.148. The Morgan fingerprint density at radius 3 is 2.65 bits per heavy atom. The molecule has 2 aliphatic heterocycles. The van der Waals surface area contributed by atoms with Gasteiger partial charge in [0.15, 0.2) is 0 Å². The fraction of sp³-hybridized carbons (Fsp3) is 0.857. The molecule has 0 aromatic carbocycles. The highest BCUT2D eigenvalue weighted by atomic mass is 16.5. The van der Waals surface area contributed by atoms with E-state index in [4.69, 9.17) is 0 Å². The Labute approximate surface area is 120 Å². The van der Waals surface area contributed by atoms with Gasteiger partial charge >= 0.3 is 5.97 Å². The number of ether oxygens (including phenoxy) is 1. The van der Waals surface area contributed by atoms with Gasteiger partial charge in [-0.05, 0) is 45.3 Å². The van der Waals surface area contributed by atoms with Crippen LogP contribution >= 0.6 is 0 Å². The van der Waals surface area contributed by atoms with Gasteiger partial charge in [-0.1, -0.05) is 0 Å². The summed E-state index contributed by atoms with van der Waals surface area (Å²) in [6, 6.07) is 0.437. The summed E-state index contributed by atoms with van der Waals surface area (Å²) in [5, 5.41) is 3.36. The molecule has 20 heavy (non-hydrogen) atoms. The molecule has 0 aromatic rings. The number of piperidine rings is 1. The molecular formula is C14H25N3O3. The topological polar surface area (TPSA) is 61.9 Å². The van der Waals surface area contributed by atoms with Gasteiger partial charge in [0.05, 0.1) is 13.2 Å². The summed E-state index contributed by atoms with van der Waals surface area (Å²) in [6.07, 6.45) is 4.16. The van der Waals surface area contributed by atoms with Crippen molar-refractivity contribution in [2.45, 2.75) is 37.8 Å². The van der Waals surface area contributed by atoms with E-state index >= 15 is 0 Å². The van der Waals surface area contributed by atoms with E-state index in [0.29, 0.717) is 6.04 Å². The SMILES string of the molecule is COC(=O)CN(C)C(=O)C1CCCN1C1CCNCC1. The summed E-state index contributed by atoms with van der Waals surface area (Å²) in [5.74, 6) is -0.321. The molecule has 2 heterocycles. The second-order valence-corrected chi connectivity index (χ2v) is 5.65. The maximum atomic E-state index is 12.5. The Morgan fingerprint density at radius 2 is 2.00 bits per heavy atom. The van der Waals surface area contributed by atoms with Crippen LogP contribution in [0.1, 0.15) is 25.7 Å². The molecular weight excluding hydrogens is 258 g/mol. The van der Waals surface area contributed by atoms with Crippen molar-refractivity contribution in [3.8, 4) is 0 Å². The third-order valence-corrected chi connectivity index (χ3v) is 4.33. The Bertz CT molecular complexity index is 356. The highest BCUT2D eigenvalue weighted by molar-refractivity contribution is 5.85. The molecule has 0 bridgehead atoms. The summed E-state index contributed by atoms with van der Waals surface area (Å²) < 4.78 is 4.62. The van der Waals surface area contributed by atoms with Crippen LogP contribution in [-0.4, -0.2) is 74.1 Å². The van der Waals surface area contributed by atoms with Gasteiger partial charge in [-0.15, -0.1) is 0 Å². The number of amides is 1. The maximum absolute atomic E-state index is 12.5. The molecule has 2 aliphatic rings. The molecule has 2 fully saturated rings. The Balaban J connectivity index is 1.95. The standard InChI is InChI=1S/C14H25N3O3/c1-16(10-13(18)20-2)14(19)12-4-3-9-17(12)11-5-7-15-8-6-11/h11-12,15H,3-10H2,1-2H3. The minimum absolute atomic E-state index is 0.0336. The van der Waals surface area contributed by atoms with Crippen molar-refractivity contribution in [2.75, 3.05) is 40.3 Å². The monoisotopic (exact) mass is 283 g/mol. The van der Waals surface area contributed by atoms with E-state index in [0.717, 1.165) is 45.3 Å². The number of likely N-dealkylation sites (tertiary alicyclic amines) is 1. The third-order valence-electron chi connectivity index (χ3n) is 4.33. The summed E-state index contributed by atoms with van der Waals surface area (Å²) in [6.45, 7) is 3.08. The van der Waals surface area contributed by atoms with Gasteiger partial charge in [0, 0.05) is 13.1 Å². The van der Waals surface area contributed by atoms with Crippen LogP contribution in [0.25, 0.3) is 0 Å². The molecule has 0 radical (unpaired) electrons. The van der Waals surface area contributed by atoms with Crippen LogP contribution in [0.15, 0.2) is 0 Å². The van der Waals surface area contributed by atoms with E-state index in [1.54, 1.807) is 7.05 Å². The van der Waals surface area contributed by atoms with Crippen molar-refractivity contribution in [1.29, 1.82) is 0 Å². The van der Waals surface area contributed by atoms with Crippen molar-refractivity contribution < 1.29 is 14.3 Å². The fourth-order valence-electron chi connectivity index (χ4n) is 3.22. The van der Waals surface area contributed by atoms with Gasteiger partial charge < -0.3 is 15.0 Å². The van der Waals surface area contributed by atoms with Crippen LogP contribution < -0.4 is 5.32 Å². The molecule has 1 N–H and O–H groups in total. The molecule has 6 nitrogen and oxygen atoms in total. The van der Waals surface area contributed by atoms with E-state index in [1.165, 1.54) is 12.0 Å². The van der Waals surface area contributed by atoms with Crippen LogP contribution in [-0.2, 0) is 14.3 Å². The molecule has 0 saturated carbocycles. The molecule has 0 spiro atoms. The zero-order valence-corrected chi connectivity index (χ0v) is 12.4. The summed E-state index contributed by atoms with van der Waals surface area (Å²) >= 11 is 0. The van der Waals surface area contributed by atoms with Crippen molar-refractivity contribution in [3.63, 3.8) is 0 Å². The first-order chi connectivity index (χ1) is 9.63. The van der Waals surface area contributed by atoms with E-state index in [9.17, 15) is 9.59 Å². The van der Waals surface area contributed by atoms with Crippen LogP contribution in [0.5, 0.6) is 0 Å². The molecule has 114 valence electrons. The van der Waals surface area contributed by atoms with E-state index < -0.39 is 0 Å². The van der Waals surface area contributed by atoms with Gasteiger partial charge in [-0.25, -0.2) is 0 Å². The van der Waals surface area contributed by atoms with Crippen molar-refractivity contribution >= 4 is 11.9 Å². The molecule has 0 aliphatic carbocycles. The van der Waals surface area contributed by atoms with Gasteiger partial charge in [-0.2, -0.15) is 0 Å². The minimum atomic E-state index is -0.368. The molecule has 1 amide bonds. The molecule has 1 atom stereocenters. The number of rotatable bonds is 4. The number of methoxy groups -OCH3 is 1. The normalized spacial score (nSPS) is 24.6. The smallest absolute Gasteiger partial charge is 0.325 e. The summed E-state index contributed by atoms with van der Waals surface area (Å²) in [5.41, 5.74) is 0. The van der Waals surface area contributed by atoms with Crippen LogP contribution in [0.4, 0.5) is 0 Å². The minimum Gasteiger partial charge on any atom is -0.468 e. The van der Waals surface area contributed by atoms with E-state index in [2.05, 4.69) is 15.0 Å².